The molecule has 1 aromatic rings. The predicted molar refractivity (Wildman–Crippen MR) is 109 cm³/mol. The summed E-state index contributed by atoms with van der Waals surface area (Å²) in [5.41, 5.74) is 6.05. The van der Waals surface area contributed by atoms with Crippen molar-refractivity contribution in [3.63, 3.8) is 0 Å². The highest BCUT2D eigenvalue weighted by atomic mass is 19.1. The highest BCUT2D eigenvalue weighted by molar-refractivity contribution is 5.83. The van der Waals surface area contributed by atoms with Crippen molar-refractivity contribution in [3.8, 4) is 0 Å². The standard InChI is InChI=1S/C23H30FN3O3/c24-18-4-2-1-3-15(18)12-27-5-6-30-19(13-27)21(28)26-20-16-7-14-8-17(20)11-23(9-14,10-16)22(25)29/h1-4,14,16-17,19-20H,5-13H2,(H2,25,29)(H,26,28)/t14?,16?,17?,19-,20?,23?/m1/s1. The second kappa shape index (κ2) is 7.61. The fourth-order valence-electron chi connectivity index (χ4n) is 6.69. The molecule has 1 aromatic carbocycles. The maximum Gasteiger partial charge on any atom is 0.250 e. The Kier molecular flexibility index (Phi) is 5.06. The SMILES string of the molecule is NC(=O)C12CC3CC(C1)C(NC(=O)[C@H]1CN(Cc4ccccc4F)CCO1)C(C3)C2. The summed E-state index contributed by atoms with van der Waals surface area (Å²) >= 11 is 0. The van der Waals surface area contributed by atoms with Crippen LogP contribution in [0.3, 0.4) is 0 Å². The molecule has 4 saturated carbocycles. The first-order valence-electron chi connectivity index (χ1n) is 11.1. The molecule has 6 rings (SSSR count). The Labute approximate surface area is 176 Å². The van der Waals surface area contributed by atoms with Crippen molar-refractivity contribution in [2.75, 3.05) is 19.7 Å². The first-order valence-corrected chi connectivity index (χ1v) is 11.1. The minimum atomic E-state index is -0.548. The van der Waals surface area contributed by atoms with Gasteiger partial charge in [0.2, 0.25) is 5.91 Å². The summed E-state index contributed by atoms with van der Waals surface area (Å²) in [5.74, 6) is 0.744. The molecule has 1 aliphatic heterocycles. The second-order valence-corrected chi connectivity index (χ2v) is 9.83. The highest BCUT2D eigenvalue weighted by Crippen LogP contribution is 2.59. The summed E-state index contributed by atoms with van der Waals surface area (Å²) in [5, 5.41) is 3.27. The number of halogens is 1. The Morgan fingerprint density at radius 3 is 2.63 bits per heavy atom. The van der Waals surface area contributed by atoms with Gasteiger partial charge >= 0.3 is 0 Å². The van der Waals surface area contributed by atoms with Crippen LogP contribution in [-0.2, 0) is 20.9 Å². The number of nitrogens with two attached hydrogens (primary N) is 1. The lowest BCUT2D eigenvalue weighted by atomic mass is 9.47. The maximum absolute atomic E-state index is 14.0. The Morgan fingerprint density at radius 2 is 1.93 bits per heavy atom. The molecule has 162 valence electrons. The van der Waals surface area contributed by atoms with Crippen LogP contribution >= 0.6 is 0 Å². The van der Waals surface area contributed by atoms with Gasteiger partial charge in [0, 0.05) is 36.7 Å². The first kappa shape index (κ1) is 19.9. The van der Waals surface area contributed by atoms with Crippen LogP contribution in [0.1, 0.15) is 37.7 Å². The number of nitrogens with zero attached hydrogens (tertiary/aromatic N) is 1. The van der Waals surface area contributed by atoms with E-state index in [1.54, 1.807) is 12.1 Å². The second-order valence-electron chi connectivity index (χ2n) is 9.83. The van der Waals surface area contributed by atoms with Crippen molar-refractivity contribution in [1.82, 2.24) is 10.2 Å². The topological polar surface area (TPSA) is 84.7 Å². The lowest BCUT2D eigenvalue weighted by Crippen LogP contribution is -2.63. The van der Waals surface area contributed by atoms with E-state index < -0.39 is 6.10 Å². The molecule has 6 nitrogen and oxygen atoms in total. The maximum atomic E-state index is 14.0. The van der Waals surface area contributed by atoms with Crippen molar-refractivity contribution in [3.05, 3.63) is 35.6 Å². The molecule has 0 aromatic heterocycles. The van der Waals surface area contributed by atoms with Crippen molar-refractivity contribution >= 4 is 11.8 Å². The van der Waals surface area contributed by atoms with E-state index in [1.165, 1.54) is 6.07 Å². The first-order chi connectivity index (χ1) is 14.4. The van der Waals surface area contributed by atoms with E-state index in [0.29, 0.717) is 49.6 Å². The van der Waals surface area contributed by atoms with Gasteiger partial charge in [-0.2, -0.15) is 0 Å². The van der Waals surface area contributed by atoms with Crippen molar-refractivity contribution in [1.29, 1.82) is 0 Å². The van der Waals surface area contributed by atoms with Crippen molar-refractivity contribution < 1.29 is 18.7 Å². The molecule has 5 fully saturated rings. The molecular formula is C23H30FN3O3. The zero-order chi connectivity index (χ0) is 20.9. The number of benzene rings is 1. The van der Waals surface area contributed by atoms with Gasteiger partial charge in [-0.05, 0) is 55.9 Å². The van der Waals surface area contributed by atoms with Gasteiger partial charge in [-0.25, -0.2) is 4.39 Å². The van der Waals surface area contributed by atoms with Gasteiger partial charge in [-0.1, -0.05) is 18.2 Å². The van der Waals surface area contributed by atoms with Crippen LogP contribution in [0.4, 0.5) is 4.39 Å². The summed E-state index contributed by atoms with van der Waals surface area (Å²) in [4.78, 5) is 27.2. The largest absolute Gasteiger partial charge is 0.369 e. The molecule has 1 saturated heterocycles. The number of hydrogen-bond donors (Lipinski definition) is 2. The van der Waals surface area contributed by atoms with Crippen molar-refractivity contribution in [2.24, 2.45) is 28.9 Å². The third kappa shape index (κ3) is 3.52. The average molecular weight is 416 g/mol. The summed E-state index contributed by atoms with van der Waals surface area (Å²) in [6.07, 6.45) is 4.11. The number of carbonyl (C=O) groups excluding carboxylic acids is 2. The third-order valence-electron chi connectivity index (χ3n) is 7.90. The molecule has 2 unspecified atom stereocenters. The van der Waals surface area contributed by atoms with Crippen LogP contribution in [-0.4, -0.2) is 48.6 Å². The minimum absolute atomic E-state index is 0.0844. The van der Waals surface area contributed by atoms with E-state index in [-0.39, 0.29) is 29.1 Å². The molecule has 3 atom stereocenters. The predicted octanol–water partition coefficient (Wildman–Crippen LogP) is 1.82. The summed E-state index contributed by atoms with van der Waals surface area (Å²) in [7, 11) is 0. The average Bonchev–Trinajstić information content (AvgIpc) is 2.72. The molecular weight excluding hydrogens is 385 g/mol. The number of rotatable bonds is 5. The van der Waals surface area contributed by atoms with Crippen LogP contribution in [0.2, 0.25) is 0 Å². The van der Waals surface area contributed by atoms with Crippen LogP contribution in [0.15, 0.2) is 24.3 Å². The molecule has 5 aliphatic rings. The van der Waals surface area contributed by atoms with Crippen molar-refractivity contribution in [2.45, 2.75) is 50.8 Å². The van der Waals surface area contributed by atoms with Gasteiger partial charge in [0.1, 0.15) is 11.9 Å². The zero-order valence-corrected chi connectivity index (χ0v) is 17.2. The van der Waals surface area contributed by atoms with E-state index in [2.05, 4.69) is 10.2 Å². The summed E-state index contributed by atoms with van der Waals surface area (Å²) in [6.45, 7) is 2.06. The minimum Gasteiger partial charge on any atom is -0.369 e. The van der Waals surface area contributed by atoms with E-state index >= 15 is 0 Å². The molecule has 0 spiro atoms. The molecule has 3 N–H and O–H groups in total. The van der Waals surface area contributed by atoms with Gasteiger partial charge in [-0.3, -0.25) is 14.5 Å². The normalized spacial score (nSPS) is 37.8. The lowest BCUT2D eigenvalue weighted by molar-refractivity contribution is -0.151. The van der Waals surface area contributed by atoms with E-state index in [1.807, 2.05) is 6.07 Å². The third-order valence-corrected chi connectivity index (χ3v) is 7.90. The lowest BCUT2D eigenvalue weighted by Gasteiger charge is -2.59. The number of primary amides is 1. The number of carbonyl (C=O) groups is 2. The molecule has 1 heterocycles. The molecule has 4 aliphatic carbocycles. The quantitative estimate of drug-likeness (QED) is 0.768. The Bertz CT molecular complexity index is 831. The molecule has 0 radical (unpaired) electrons. The highest BCUT2D eigenvalue weighted by Gasteiger charge is 2.58. The fraction of sp³-hybridized carbons (Fsp3) is 0.652. The summed E-state index contributed by atoms with van der Waals surface area (Å²) in [6, 6.07) is 6.86. The number of nitrogens with one attached hydrogen (secondary N) is 1. The molecule has 2 amide bonds. The smallest absolute Gasteiger partial charge is 0.250 e. The van der Waals surface area contributed by atoms with Gasteiger partial charge in [-0.15, -0.1) is 0 Å². The van der Waals surface area contributed by atoms with Crippen LogP contribution in [0.5, 0.6) is 0 Å². The Hall–Kier alpha value is -1.99. The van der Waals surface area contributed by atoms with Gasteiger partial charge in [0.25, 0.3) is 5.91 Å². The van der Waals surface area contributed by atoms with Gasteiger partial charge in [0.05, 0.1) is 6.61 Å². The van der Waals surface area contributed by atoms with E-state index in [9.17, 15) is 14.0 Å². The number of hydrogen-bond acceptors (Lipinski definition) is 4. The van der Waals surface area contributed by atoms with Gasteiger partial charge < -0.3 is 15.8 Å². The van der Waals surface area contributed by atoms with Crippen LogP contribution < -0.4 is 11.1 Å². The number of ether oxygens (including phenoxy) is 1. The molecule has 30 heavy (non-hydrogen) atoms. The Morgan fingerprint density at radius 1 is 1.20 bits per heavy atom. The zero-order valence-electron chi connectivity index (χ0n) is 17.2. The fourth-order valence-corrected chi connectivity index (χ4v) is 6.69. The monoisotopic (exact) mass is 415 g/mol. The van der Waals surface area contributed by atoms with Crippen LogP contribution in [0, 0.1) is 29.0 Å². The van der Waals surface area contributed by atoms with Crippen LogP contribution in [0.25, 0.3) is 0 Å². The Balaban J connectivity index is 1.22. The molecule has 4 bridgehead atoms. The summed E-state index contributed by atoms with van der Waals surface area (Å²) < 4.78 is 19.8. The number of amides is 2. The van der Waals surface area contributed by atoms with E-state index in [4.69, 9.17) is 10.5 Å². The number of morpholine rings is 1. The molecule has 7 heteroatoms. The van der Waals surface area contributed by atoms with E-state index in [0.717, 1.165) is 32.1 Å². The van der Waals surface area contributed by atoms with Gasteiger partial charge in [0.15, 0.2) is 0 Å².